The Morgan fingerprint density at radius 1 is 0.800 bits per heavy atom. The van der Waals surface area contributed by atoms with Gasteiger partial charge >= 0.3 is 0 Å². The van der Waals surface area contributed by atoms with E-state index in [2.05, 4.69) is 50.9 Å². The zero-order chi connectivity index (χ0) is 17.8. The Morgan fingerprint density at radius 3 is 2.20 bits per heavy atom. The Hall–Kier alpha value is -1.13. The number of aromatic nitrogens is 1. The molecule has 3 aromatic rings. The van der Waals surface area contributed by atoms with Gasteiger partial charge in [-0.2, -0.15) is 0 Å². The third-order valence-corrected chi connectivity index (χ3v) is 5.72. The lowest BCUT2D eigenvalue weighted by atomic mass is 10.1. The Bertz CT molecular complexity index is 946. The van der Waals surface area contributed by atoms with E-state index >= 15 is 0 Å². The maximum Gasteiger partial charge on any atom is 0.258 e. The van der Waals surface area contributed by atoms with Crippen LogP contribution >= 0.6 is 31.9 Å². The highest BCUT2D eigenvalue weighted by Crippen LogP contribution is 2.27. The van der Waals surface area contributed by atoms with Gasteiger partial charge < -0.3 is 4.57 Å². The minimum absolute atomic E-state index is 0.107. The van der Waals surface area contributed by atoms with Gasteiger partial charge in [0.1, 0.15) is 0 Å². The van der Waals surface area contributed by atoms with Crippen LogP contribution in [0.1, 0.15) is 45.4 Å². The predicted octanol–water partition coefficient (Wildman–Crippen LogP) is 7.04. The van der Waals surface area contributed by atoms with Crippen molar-refractivity contribution in [3.63, 3.8) is 0 Å². The van der Waals surface area contributed by atoms with Crippen molar-refractivity contribution in [3.05, 3.63) is 55.7 Å². The third-order valence-electron chi connectivity index (χ3n) is 4.73. The molecule has 0 unspecified atom stereocenters. The summed E-state index contributed by atoms with van der Waals surface area (Å²) >= 11 is 7.05. The van der Waals surface area contributed by atoms with Crippen molar-refractivity contribution in [2.24, 2.45) is 0 Å². The van der Waals surface area contributed by atoms with Crippen LogP contribution in [-0.2, 0) is 6.54 Å². The number of unbranched alkanes of at least 4 members (excludes halogenated alkanes) is 5. The first-order valence-corrected chi connectivity index (χ1v) is 10.6. The second kappa shape index (κ2) is 8.50. The lowest BCUT2D eigenvalue weighted by Crippen LogP contribution is -2.21. The van der Waals surface area contributed by atoms with Crippen LogP contribution in [0.15, 0.2) is 50.1 Å². The molecule has 25 heavy (non-hydrogen) atoms. The average molecular weight is 465 g/mol. The molecule has 0 aliphatic heterocycles. The summed E-state index contributed by atoms with van der Waals surface area (Å²) in [5, 5.41) is 2.95. The summed E-state index contributed by atoms with van der Waals surface area (Å²) < 4.78 is 3.90. The molecule has 0 saturated heterocycles. The second-order valence-corrected chi connectivity index (χ2v) is 8.41. The maximum atomic E-state index is 13.1. The van der Waals surface area contributed by atoms with E-state index in [1.54, 1.807) is 0 Å². The number of nitrogens with zero attached hydrogens (tertiary/aromatic N) is 1. The molecule has 2 nitrogen and oxygen atoms in total. The lowest BCUT2D eigenvalue weighted by Gasteiger charge is -2.14. The van der Waals surface area contributed by atoms with Crippen molar-refractivity contribution in [2.45, 2.75) is 52.0 Å². The minimum atomic E-state index is 0.107. The largest absolute Gasteiger partial charge is 0.308 e. The van der Waals surface area contributed by atoms with Crippen LogP contribution in [0.2, 0.25) is 0 Å². The van der Waals surface area contributed by atoms with Gasteiger partial charge in [-0.1, -0.05) is 83.0 Å². The van der Waals surface area contributed by atoms with Crippen molar-refractivity contribution >= 4 is 53.5 Å². The van der Waals surface area contributed by atoms with Gasteiger partial charge in [-0.15, -0.1) is 0 Å². The van der Waals surface area contributed by atoms with Crippen molar-refractivity contribution in [3.8, 4) is 0 Å². The molecular weight excluding hydrogens is 442 g/mol. The normalized spacial score (nSPS) is 11.5. The van der Waals surface area contributed by atoms with Crippen LogP contribution in [0.4, 0.5) is 0 Å². The molecule has 3 rings (SSSR count). The van der Waals surface area contributed by atoms with Gasteiger partial charge in [0.2, 0.25) is 0 Å². The van der Waals surface area contributed by atoms with E-state index in [1.165, 1.54) is 32.1 Å². The summed E-state index contributed by atoms with van der Waals surface area (Å²) in [7, 11) is 0. The van der Waals surface area contributed by atoms with E-state index in [9.17, 15) is 4.79 Å². The van der Waals surface area contributed by atoms with E-state index in [1.807, 2.05) is 28.8 Å². The van der Waals surface area contributed by atoms with Crippen LogP contribution in [-0.4, -0.2) is 4.57 Å². The first kappa shape index (κ1) is 18.7. The highest BCUT2D eigenvalue weighted by molar-refractivity contribution is 9.10. The molecule has 0 bridgehead atoms. The number of rotatable bonds is 7. The Kier molecular flexibility index (Phi) is 6.34. The van der Waals surface area contributed by atoms with Crippen molar-refractivity contribution in [1.82, 2.24) is 4.57 Å². The topological polar surface area (TPSA) is 22.0 Å². The Balaban J connectivity index is 2.01. The molecule has 0 atom stereocenters. The monoisotopic (exact) mass is 463 g/mol. The van der Waals surface area contributed by atoms with Gasteiger partial charge in [-0.05, 0) is 36.1 Å². The summed E-state index contributed by atoms with van der Waals surface area (Å²) in [6.07, 6.45) is 7.34. The molecule has 0 spiro atoms. The van der Waals surface area contributed by atoms with E-state index in [-0.39, 0.29) is 5.56 Å². The zero-order valence-electron chi connectivity index (χ0n) is 14.5. The van der Waals surface area contributed by atoms with E-state index in [0.29, 0.717) is 0 Å². The van der Waals surface area contributed by atoms with Gasteiger partial charge in [-0.25, -0.2) is 0 Å². The van der Waals surface area contributed by atoms with Gasteiger partial charge in [0.15, 0.2) is 0 Å². The van der Waals surface area contributed by atoms with Crippen LogP contribution in [0, 0.1) is 0 Å². The second-order valence-electron chi connectivity index (χ2n) is 6.58. The fourth-order valence-corrected chi connectivity index (χ4v) is 4.12. The van der Waals surface area contributed by atoms with Crippen molar-refractivity contribution in [2.75, 3.05) is 0 Å². The van der Waals surface area contributed by atoms with E-state index in [4.69, 9.17) is 0 Å². The molecule has 4 heteroatoms. The fourth-order valence-electron chi connectivity index (χ4n) is 3.41. The van der Waals surface area contributed by atoms with Crippen LogP contribution in [0.3, 0.4) is 0 Å². The standard InChI is InChI=1S/C21H23Br2NO/c1-2-3-4-5-6-7-12-24-20-14-16(23)9-11-18(20)17-10-8-15(22)13-19(17)21(24)25/h8-11,13-14H,2-7,12H2,1H3. The summed E-state index contributed by atoms with van der Waals surface area (Å²) in [4.78, 5) is 13.1. The summed E-state index contributed by atoms with van der Waals surface area (Å²) in [6.45, 7) is 3.01. The van der Waals surface area contributed by atoms with Crippen molar-refractivity contribution in [1.29, 1.82) is 0 Å². The Morgan fingerprint density at radius 2 is 1.44 bits per heavy atom. The molecule has 132 valence electrons. The molecule has 0 fully saturated rings. The summed E-state index contributed by atoms with van der Waals surface area (Å²) in [5.74, 6) is 0. The first-order chi connectivity index (χ1) is 12.1. The third kappa shape index (κ3) is 4.17. The smallest absolute Gasteiger partial charge is 0.258 e. The minimum Gasteiger partial charge on any atom is -0.308 e. The van der Waals surface area contributed by atoms with Gasteiger partial charge in [0, 0.05) is 26.3 Å². The molecule has 0 aliphatic rings. The molecule has 0 radical (unpaired) electrons. The number of hydrogen-bond acceptors (Lipinski definition) is 1. The molecule has 2 aromatic carbocycles. The van der Waals surface area contributed by atoms with Crippen LogP contribution in [0.5, 0.6) is 0 Å². The van der Waals surface area contributed by atoms with E-state index in [0.717, 1.165) is 43.6 Å². The van der Waals surface area contributed by atoms with Crippen LogP contribution in [0.25, 0.3) is 21.7 Å². The number of fused-ring (bicyclic) bond motifs is 3. The number of aryl methyl sites for hydroxylation is 1. The van der Waals surface area contributed by atoms with Crippen molar-refractivity contribution < 1.29 is 0 Å². The lowest BCUT2D eigenvalue weighted by molar-refractivity contribution is 0.559. The maximum absolute atomic E-state index is 13.1. The van der Waals surface area contributed by atoms with E-state index < -0.39 is 0 Å². The highest BCUT2D eigenvalue weighted by Gasteiger charge is 2.11. The Labute approximate surface area is 165 Å². The van der Waals surface area contributed by atoms with Gasteiger partial charge in [0.25, 0.3) is 5.56 Å². The first-order valence-electron chi connectivity index (χ1n) is 9.03. The molecule has 0 aliphatic carbocycles. The number of benzene rings is 2. The zero-order valence-corrected chi connectivity index (χ0v) is 17.7. The molecule has 0 saturated carbocycles. The van der Waals surface area contributed by atoms with Crippen LogP contribution < -0.4 is 5.56 Å². The summed E-state index contributed by atoms with van der Waals surface area (Å²) in [5.41, 5.74) is 1.12. The molecule has 1 aromatic heterocycles. The molecular formula is C21H23Br2NO. The molecule has 1 heterocycles. The SMILES string of the molecule is CCCCCCCCn1c(=O)c2cc(Br)ccc2c2ccc(Br)cc21. The quantitative estimate of drug-likeness (QED) is 0.271. The average Bonchev–Trinajstić information content (AvgIpc) is 2.60. The number of pyridine rings is 1. The molecule has 0 amide bonds. The fraction of sp³-hybridized carbons (Fsp3) is 0.381. The summed E-state index contributed by atoms with van der Waals surface area (Å²) in [6, 6.07) is 12.2. The van der Waals surface area contributed by atoms with Gasteiger partial charge in [0.05, 0.1) is 5.52 Å². The number of hydrogen-bond donors (Lipinski definition) is 0. The highest BCUT2D eigenvalue weighted by atomic mass is 79.9. The predicted molar refractivity (Wildman–Crippen MR) is 114 cm³/mol. The molecule has 0 N–H and O–H groups in total. The number of halogens is 2. The van der Waals surface area contributed by atoms with Gasteiger partial charge in [-0.3, -0.25) is 4.79 Å².